The topological polar surface area (TPSA) is 0 Å². The van der Waals surface area contributed by atoms with Crippen LogP contribution in [-0.4, -0.2) is 15.5 Å². The van der Waals surface area contributed by atoms with Gasteiger partial charge in [-0.25, -0.2) is 0 Å². The maximum atomic E-state index is 2.46. The van der Waals surface area contributed by atoms with Gasteiger partial charge >= 0.3 is 0 Å². The summed E-state index contributed by atoms with van der Waals surface area (Å²) in [5.41, 5.74) is 3.34. The van der Waals surface area contributed by atoms with Gasteiger partial charge < -0.3 is 0 Å². The molecule has 4 bridgehead atoms. The first-order chi connectivity index (χ1) is 13.0. The van der Waals surface area contributed by atoms with Crippen LogP contribution in [0.4, 0.5) is 0 Å². The number of rotatable bonds is 5. The first kappa shape index (κ1) is 21.3. The van der Waals surface area contributed by atoms with Gasteiger partial charge in [-0.1, -0.05) is 73.7 Å². The molecule has 0 nitrogen and oxygen atoms in total. The van der Waals surface area contributed by atoms with Gasteiger partial charge in [0.1, 0.15) is 0 Å². The maximum Gasteiger partial charge on any atom is -0.00608 e. The molecule has 0 saturated heterocycles. The normalized spacial score (nSPS) is 32.8. The van der Waals surface area contributed by atoms with E-state index >= 15 is 0 Å². The third-order valence-electron chi connectivity index (χ3n) is 7.76. The molecular weight excluding hydrogens is 374 g/mol. The van der Waals surface area contributed by atoms with E-state index in [-0.39, 0.29) is 7.92 Å². The van der Waals surface area contributed by atoms with E-state index in [1.165, 1.54) is 12.3 Å². The zero-order valence-corrected chi connectivity index (χ0v) is 21.0. The summed E-state index contributed by atoms with van der Waals surface area (Å²) < 4.78 is 0. The Morgan fingerprint density at radius 3 is 1.75 bits per heavy atom. The summed E-state index contributed by atoms with van der Waals surface area (Å²) in [4.78, 5) is 0. The first-order valence-corrected chi connectivity index (χ1v) is 14.4. The Labute approximate surface area is 177 Å². The Hall–Kier alpha value is 0.0800. The minimum absolute atomic E-state index is 0.0699. The summed E-state index contributed by atoms with van der Waals surface area (Å²) in [5.74, 6) is 3.26. The van der Waals surface area contributed by atoms with E-state index in [0.29, 0.717) is 10.3 Å². The van der Waals surface area contributed by atoms with Crippen LogP contribution in [0.5, 0.6) is 0 Å². The zero-order valence-electron chi connectivity index (χ0n) is 19.1. The van der Waals surface area contributed by atoms with Crippen molar-refractivity contribution in [3.05, 3.63) is 35.4 Å². The molecule has 1 unspecified atom stereocenters. The Morgan fingerprint density at radius 1 is 0.821 bits per heavy atom. The van der Waals surface area contributed by atoms with Gasteiger partial charge in [0.2, 0.25) is 0 Å². The number of hydrogen-bond donors (Lipinski definition) is 0. The van der Waals surface area contributed by atoms with Crippen LogP contribution in [0.3, 0.4) is 0 Å². The van der Waals surface area contributed by atoms with Crippen LogP contribution < -0.4 is 0 Å². The van der Waals surface area contributed by atoms with Crippen molar-refractivity contribution in [1.82, 2.24) is 0 Å². The molecule has 1 aromatic carbocycles. The monoisotopic (exact) mass is 416 g/mol. The van der Waals surface area contributed by atoms with Crippen LogP contribution in [0, 0.1) is 17.8 Å². The van der Waals surface area contributed by atoms with Crippen LogP contribution in [0.2, 0.25) is 0 Å². The number of hydrogen-bond acceptors (Lipinski definition) is 0. The fourth-order valence-electron chi connectivity index (χ4n) is 7.14. The predicted octanol–water partition coefficient (Wildman–Crippen LogP) is 8.41. The molecule has 0 radical (unpaired) electrons. The molecule has 1 aromatic rings. The zero-order chi connectivity index (χ0) is 20.2. The lowest BCUT2D eigenvalue weighted by molar-refractivity contribution is 0.0367. The van der Waals surface area contributed by atoms with E-state index in [1.54, 1.807) is 49.7 Å². The van der Waals surface area contributed by atoms with Crippen molar-refractivity contribution in [1.29, 1.82) is 0 Å². The molecule has 4 fully saturated rings. The van der Waals surface area contributed by atoms with E-state index < -0.39 is 0 Å². The molecule has 0 amide bonds. The molecule has 4 aliphatic carbocycles. The molecule has 5 rings (SSSR count). The quantitative estimate of drug-likeness (QED) is 0.423. The molecule has 0 spiro atoms. The Morgan fingerprint density at radius 2 is 1.29 bits per heavy atom. The summed E-state index contributed by atoms with van der Waals surface area (Å²) in [6.07, 6.45) is 12.1. The predicted molar refractivity (Wildman–Crippen MR) is 129 cm³/mol. The van der Waals surface area contributed by atoms with Gasteiger partial charge in [0.15, 0.2) is 0 Å². The third kappa shape index (κ3) is 4.54. The number of benzene rings is 1. The maximum absolute atomic E-state index is 2.46. The molecule has 156 valence electrons. The largest absolute Gasteiger partial charge is 0.111 e. The van der Waals surface area contributed by atoms with E-state index in [4.69, 9.17) is 0 Å². The molecule has 0 heterocycles. The van der Waals surface area contributed by atoms with Crippen molar-refractivity contribution in [2.45, 2.75) is 108 Å². The summed E-state index contributed by atoms with van der Waals surface area (Å²) >= 11 is 0. The smallest absolute Gasteiger partial charge is 0.00608 e. The van der Waals surface area contributed by atoms with Crippen LogP contribution in [0.15, 0.2) is 24.3 Å². The van der Waals surface area contributed by atoms with Crippen LogP contribution >= 0.6 is 16.5 Å². The highest BCUT2D eigenvalue weighted by Gasteiger charge is 2.50. The lowest BCUT2D eigenvalue weighted by atomic mass is 9.56. The minimum Gasteiger partial charge on any atom is -0.111 e. The summed E-state index contributed by atoms with van der Waals surface area (Å²) in [5, 5.41) is 1.55. The van der Waals surface area contributed by atoms with Crippen LogP contribution in [0.25, 0.3) is 0 Å². The van der Waals surface area contributed by atoms with E-state index in [0.717, 1.165) is 31.5 Å². The molecule has 0 aromatic heterocycles. The lowest BCUT2D eigenvalue weighted by Crippen LogP contribution is -2.47. The van der Waals surface area contributed by atoms with Gasteiger partial charge in [0, 0.05) is 0 Å². The van der Waals surface area contributed by atoms with Crippen molar-refractivity contribution in [3.8, 4) is 0 Å². The molecule has 4 saturated carbocycles. The second-order valence-corrected chi connectivity index (χ2v) is 17.9. The molecule has 2 heteroatoms. The minimum atomic E-state index is -0.0699. The molecule has 4 aliphatic rings. The fourth-order valence-corrected chi connectivity index (χ4v) is 13.0. The third-order valence-corrected chi connectivity index (χ3v) is 13.6. The van der Waals surface area contributed by atoms with Crippen molar-refractivity contribution in [2.75, 3.05) is 0 Å². The van der Waals surface area contributed by atoms with Gasteiger partial charge in [-0.05, 0) is 95.2 Å². The molecule has 0 N–H and O–H groups in total. The van der Waals surface area contributed by atoms with Crippen molar-refractivity contribution in [3.63, 3.8) is 0 Å². The molecule has 28 heavy (non-hydrogen) atoms. The van der Waals surface area contributed by atoms with Gasteiger partial charge in [-0.2, -0.15) is 0 Å². The Balaban J connectivity index is 1.49. The molecule has 1 atom stereocenters. The average molecular weight is 417 g/mol. The second-order valence-electron chi connectivity index (χ2n) is 12.2. The summed E-state index contributed by atoms with van der Waals surface area (Å²) in [7, 11) is 1.09. The van der Waals surface area contributed by atoms with Crippen molar-refractivity contribution < 1.29 is 0 Å². The average Bonchev–Trinajstić information content (AvgIpc) is 2.55. The first-order valence-electron chi connectivity index (χ1n) is 11.6. The summed E-state index contributed by atoms with van der Waals surface area (Å²) in [6, 6.07) is 9.49. The summed E-state index contributed by atoms with van der Waals surface area (Å²) in [6.45, 7) is 14.8. The van der Waals surface area contributed by atoms with Crippen LogP contribution in [-0.2, 0) is 12.3 Å². The van der Waals surface area contributed by atoms with Gasteiger partial charge in [0.05, 0.1) is 0 Å². The molecule has 0 aliphatic heterocycles. The van der Waals surface area contributed by atoms with Gasteiger partial charge in [-0.3, -0.25) is 0 Å². The molecular formula is C26H42P2. The fraction of sp³-hybridized carbons (Fsp3) is 0.769. The van der Waals surface area contributed by atoms with Gasteiger partial charge in [-0.15, -0.1) is 8.58 Å². The second kappa shape index (κ2) is 7.65. The van der Waals surface area contributed by atoms with E-state index in [1.807, 2.05) is 0 Å². The van der Waals surface area contributed by atoms with Gasteiger partial charge in [0.25, 0.3) is 0 Å². The SMILES string of the molecule is CC(C)(C)P(Cc1ccccc1CPC12CC3CC(CC(C3)C1)C2)C(C)(C)C. The van der Waals surface area contributed by atoms with E-state index in [2.05, 4.69) is 65.8 Å². The highest BCUT2D eigenvalue weighted by molar-refractivity contribution is 7.60. The van der Waals surface area contributed by atoms with Crippen molar-refractivity contribution >= 4 is 16.5 Å². The lowest BCUT2D eigenvalue weighted by Gasteiger charge is -2.57. The van der Waals surface area contributed by atoms with E-state index in [9.17, 15) is 0 Å². The van der Waals surface area contributed by atoms with Crippen LogP contribution in [0.1, 0.15) is 91.2 Å². The standard InChI is InChI=1S/C26H42P2/c1-24(2,3)28(25(4,5)6)18-23-10-8-7-9-22(23)17-27-26-14-19-11-20(15-26)13-21(12-19)16-26/h7-10,19-21,27H,11-18H2,1-6H3. The Bertz CT molecular complexity index is 642. The Kier molecular flexibility index (Phi) is 5.82. The van der Waals surface area contributed by atoms with Crippen molar-refractivity contribution in [2.24, 2.45) is 17.8 Å². The highest BCUT2D eigenvalue weighted by Crippen LogP contribution is 2.64. The highest BCUT2D eigenvalue weighted by atomic mass is 31.1.